The van der Waals surface area contributed by atoms with Crippen molar-refractivity contribution in [3.05, 3.63) is 12.2 Å². The first-order chi connectivity index (χ1) is 52.2. The Balaban J connectivity index is 1.42. The average Bonchev–Trinajstić information content (AvgIpc) is 0.742. The number of ketones is 1. The van der Waals surface area contributed by atoms with Crippen LogP contribution in [0.1, 0.15) is 228 Å². The molecule has 33 nitrogen and oxygen atoms in total. The van der Waals surface area contributed by atoms with Crippen molar-refractivity contribution in [1.29, 1.82) is 0 Å². The molecule has 0 aromatic rings. The third-order valence-corrected chi connectivity index (χ3v) is 21.2. The van der Waals surface area contributed by atoms with Crippen LogP contribution < -0.4 is 16.0 Å². The molecule has 5 aliphatic heterocycles. The van der Waals surface area contributed by atoms with Crippen LogP contribution in [-0.4, -0.2) is 316 Å². The first kappa shape index (κ1) is 96.4. The van der Waals surface area contributed by atoms with Crippen molar-refractivity contribution in [3.63, 3.8) is 0 Å². The largest absolute Gasteiger partial charge is 0.394 e. The Kier molecular flexibility index (Phi) is 45.1. The molecule has 5 fully saturated rings. The summed E-state index contributed by atoms with van der Waals surface area (Å²) in [5.74, 6) is -7.25. The molecule has 5 aliphatic rings. The first-order valence-corrected chi connectivity index (χ1v) is 40.3. The van der Waals surface area contributed by atoms with Crippen LogP contribution in [0.5, 0.6) is 0 Å². The third-order valence-electron chi connectivity index (χ3n) is 21.2. The van der Waals surface area contributed by atoms with Crippen molar-refractivity contribution < 1.29 is 148 Å². The van der Waals surface area contributed by atoms with Gasteiger partial charge in [0.2, 0.25) is 23.5 Å². The molecule has 0 aromatic heterocycles. The van der Waals surface area contributed by atoms with E-state index in [0.29, 0.717) is 12.8 Å². The standard InChI is InChI=1S/C76H137N3O30/c1-7-9-11-13-15-17-19-21-22-24-26-28-30-32-34-36-55(90)79-47(48(87)35-33-31-29-27-25-23-20-18-16-14-12-10-8-2)43-100-73-64(97)62(95)66(53(41-83)103-73)105-75-65(98)70(109-76(71(99)44(3)4)37-49(88)56(77-45(5)85)69(108-76)58(91)50(89)38-80)67(54(42-84)104-75)106-72-57(78-46(6)86)68(60(93)52(40-82)101-72)107-74-63(96)61(94)59(92)51(39-81)102-74/h33,35,44,47-54,56-70,72-75,80-84,87-89,91-98H,7-32,34,36-43H2,1-6H3,(H,77,85)(H,78,86)(H,79,90)/b35-33+/t47-,48+,49-,50-,51?,52?,53?,54?,56-,57?,58-,59+,60+,61+,62-,63?,64?,65?,66-,67+,68-,69?,70-,72+,73-,74+,75+,76+/m1/s1. The number of ether oxygens (including phenoxy) is 10. The highest BCUT2D eigenvalue weighted by Gasteiger charge is 2.62. The molecule has 0 bridgehead atoms. The fraction of sp³-hybridized carbons (Fsp3) is 0.921. The van der Waals surface area contributed by atoms with E-state index in [1.807, 2.05) is 6.08 Å². The predicted octanol–water partition coefficient (Wildman–Crippen LogP) is 0.0981. The van der Waals surface area contributed by atoms with E-state index in [2.05, 4.69) is 29.8 Å². The van der Waals surface area contributed by atoms with Gasteiger partial charge in [0.15, 0.2) is 30.9 Å². The van der Waals surface area contributed by atoms with E-state index in [1.165, 1.54) is 123 Å². The number of carbonyl (C=O) groups excluding carboxylic acids is 4. The summed E-state index contributed by atoms with van der Waals surface area (Å²) in [7, 11) is 0. The molecular weight excluding hydrogens is 1430 g/mol. The van der Waals surface area contributed by atoms with E-state index in [0.717, 1.165) is 65.2 Å². The van der Waals surface area contributed by atoms with E-state index >= 15 is 0 Å². The minimum atomic E-state index is -2.96. The van der Waals surface area contributed by atoms with Gasteiger partial charge in [0.25, 0.3) is 0 Å². The van der Waals surface area contributed by atoms with E-state index in [1.54, 1.807) is 6.08 Å². The fourth-order valence-corrected chi connectivity index (χ4v) is 14.8. The highest BCUT2D eigenvalue weighted by atomic mass is 16.8. The van der Waals surface area contributed by atoms with Crippen molar-refractivity contribution in [3.8, 4) is 0 Å². The normalized spacial score (nSPS) is 34.2. The molecule has 9 unspecified atom stereocenters. The van der Waals surface area contributed by atoms with E-state index in [4.69, 9.17) is 47.4 Å². The molecule has 0 aliphatic carbocycles. The Hall–Kier alpha value is -3.22. The number of aliphatic hydroxyl groups is 16. The summed E-state index contributed by atoms with van der Waals surface area (Å²) >= 11 is 0. The van der Waals surface area contributed by atoms with Crippen LogP contribution in [0, 0.1) is 5.92 Å². The lowest BCUT2D eigenvalue weighted by atomic mass is 9.84. The van der Waals surface area contributed by atoms with Gasteiger partial charge in [0.05, 0.1) is 63.9 Å². The zero-order valence-corrected chi connectivity index (χ0v) is 64.9. The monoisotopic (exact) mass is 1570 g/mol. The van der Waals surface area contributed by atoms with Gasteiger partial charge < -0.3 is 145 Å². The minimum absolute atomic E-state index is 0.146. The van der Waals surface area contributed by atoms with Gasteiger partial charge in [-0.3, -0.25) is 19.2 Å². The number of nitrogens with one attached hydrogen (secondary N) is 3. The van der Waals surface area contributed by atoms with Crippen LogP contribution in [0.3, 0.4) is 0 Å². The summed E-state index contributed by atoms with van der Waals surface area (Å²) in [5.41, 5.74) is 0. The van der Waals surface area contributed by atoms with E-state index in [-0.39, 0.29) is 12.3 Å². The highest BCUT2D eigenvalue weighted by molar-refractivity contribution is 5.88. The number of amides is 3. The maximum atomic E-state index is 15.0. The topological polar surface area (TPSA) is 520 Å². The molecule has 0 aromatic carbocycles. The van der Waals surface area contributed by atoms with Crippen LogP contribution in [0.15, 0.2) is 12.2 Å². The van der Waals surface area contributed by atoms with Crippen molar-refractivity contribution in [2.75, 3.05) is 39.6 Å². The fourth-order valence-electron chi connectivity index (χ4n) is 14.8. The van der Waals surface area contributed by atoms with Gasteiger partial charge in [0, 0.05) is 32.6 Å². The molecule has 636 valence electrons. The number of rotatable bonds is 53. The van der Waals surface area contributed by atoms with Crippen molar-refractivity contribution >= 4 is 23.5 Å². The quantitative estimate of drug-likeness (QED) is 0.0284. The molecule has 33 heteroatoms. The first-order valence-electron chi connectivity index (χ1n) is 40.3. The lowest BCUT2D eigenvalue weighted by Gasteiger charge is -2.53. The SMILES string of the molecule is CCCCCCCCCCCCC/C=C/[C@H](O)[C@@H](CO[C@@H]1OC(CO)[C@@H](O[C@@H]2OC(CO)[C@H](O[C@@H]3OC(CO)[C@H](O)[C@H](O[C@@H]4OC(CO)[C@H](O)[C@H](O)C4O)C3NC(C)=O)[C@H](O[C@]3(C(=O)C(C)C)C[C@@H](O)[C@@H](NC(C)=O)C([C@H](O)[C@H](O)CO)O3)C2O)[C@H](O)C1O)NC(=O)CCCCCCCCCCCCCCCCC. The maximum Gasteiger partial charge on any atom is 0.232 e. The van der Waals surface area contributed by atoms with Gasteiger partial charge >= 0.3 is 0 Å². The molecule has 19 N–H and O–H groups in total. The molecule has 0 saturated carbocycles. The van der Waals surface area contributed by atoms with Crippen LogP contribution in [-0.2, 0) is 66.5 Å². The summed E-state index contributed by atoms with van der Waals surface area (Å²) in [6.07, 6.45) is -14.9. The van der Waals surface area contributed by atoms with Gasteiger partial charge in [-0.05, 0) is 19.3 Å². The summed E-state index contributed by atoms with van der Waals surface area (Å²) in [6.45, 7) is 3.36. The maximum absolute atomic E-state index is 15.0. The average molecular weight is 1570 g/mol. The predicted molar refractivity (Wildman–Crippen MR) is 391 cm³/mol. The molecular formula is C76H137N3O30. The summed E-state index contributed by atoms with van der Waals surface area (Å²) in [6, 6.07) is -4.64. The van der Waals surface area contributed by atoms with Gasteiger partial charge in [0.1, 0.15) is 116 Å². The van der Waals surface area contributed by atoms with Crippen molar-refractivity contribution in [1.82, 2.24) is 16.0 Å². The Morgan fingerprint density at radius 3 is 1.44 bits per heavy atom. The van der Waals surface area contributed by atoms with Crippen molar-refractivity contribution in [2.45, 2.75) is 399 Å². The second kappa shape index (κ2) is 51.0. The van der Waals surface area contributed by atoms with Gasteiger partial charge in [-0.15, -0.1) is 0 Å². The van der Waals surface area contributed by atoms with Crippen LogP contribution in [0.2, 0.25) is 0 Å². The molecule has 5 heterocycles. The van der Waals surface area contributed by atoms with Crippen LogP contribution >= 0.6 is 0 Å². The Morgan fingerprint density at radius 2 is 0.927 bits per heavy atom. The number of aliphatic hydroxyl groups excluding tert-OH is 16. The molecule has 3 amide bonds. The number of hydrogen-bond donors (Lipinski definition) is 19. The number of Topliss-reactive ketones (excluding diaryl/α,β-unsaturated/α-hetero) is 1. The summed E-state index contributed by atoms with van der Waals surface area (Å²) in [4.78, 5) is 54.4. The summed E-state index contributed by atoms with van der Waals surface area (Å²) in [5, 5.41) is 188. The zero-order chi connectivity index (χ0) is 80.3. The second-order valence-electron chi connectivity index (χ2n) is 30.5. The highest BCUT2D eigenvalue weighted by Crippen LogP contribution is 2.42. The number of allylic oxidation sites excluding steroid dienone is 1. The molecule has 0 spiro atoms. The van der Waals surface area contributed by atoms with Crippen LogP contribution in [0.4, 0.5) is 0 Å². The molecule has 0 radical (unpaired) electrons. The molecule has 5 saturated heterocycles. The van der Waals surface area contributed by atoms with Crippen LogP contribution in [0.25, 0.3) is 0 Å². The minimum Gasteiger partial charge on any atom is -0.394 e. The second-order valence-corrected chi connectivity index (χ2v) is 30.5. The number of unbranched alkanes of at least 4 members (excludes halogenated alkanes) is 25. The molecule has 28 atom stereocenters. The van der Waals surface area contributed by atoms with Gasteiger partial charge in [-0.2, -0.15) is 0 Å². The van der Waals surface area contributed by atoms with E-state index < -0.39 is 241 Å². The Morgan fingerprint density at radius 1 is 0.486 bits per heavy atom. The molecule has 5 rings (SSSR count). The molecule has 109 heavy (non-hydrogen) atoms. The lowest BCUT2D eigenvalue weighted by molar-refractivity contribution is -0.402. The lowest BCUT2D eigenvalue weighted by Crippen LogP contribution is -2.72. The van der Waals surface area contributed by atoms with Crippen molar-refractivity contribution in [2.24, 2.45) is 5.92 Å². The number of hydrogen-bond acceptors (Lipinski definition) is 30. The van der Waals surface area contributed by atoms with Gasteiger partial charge in [-0.25, -0.2) is 0 Å². The van der Waals surface area contributed by atoms with E-state index in [9.17, 15) is 101 Å². The van der Waals surface area contributed by atoms with Gasteiger partial charge in [-0.1, -0.05) is 194 Å². The third kappa shape index (κ3) is 29.8. The summed E-state index contributed by atoms with van der Waals surface area (Å²) < 4.78 is 61.6. The number of carbonyl (C=O) groups is 4. The smallest absolute Gasteiger partial charge is 0.232 e. The zero-order valence-electron chi connectivity index (χ0n) is 64.9. The Bertz CT molecular complexity index is 2550. The Labute approximate surface area is 642 Å².